The molecule has 2 heterocycles. The molecule has 0 unspecified atom stereocenters. The van der Waals surface area contributed by atoms with E-state index in [1.165, 1.54) is 32.3 Å². The van der Waals surface area contributed by atoms with E-state index in [2.05, 4.69) is 146 Å². The van der Waals surface area contributed by atoms with Crippen LogP contribution in [0.15, 0.2) is 167 Å². The first-order valence-corrected chi connectivity index (χ1v) is 16.7. The minimum absolute atomic E-state index is 0.884. The predicted molar refractivity (Wildman–Crippen MR) is 201 cm³/mol. The fourth-order valence-electron chi connectivity index (χ4n) is 7.65. The van der Waals surface area contributed by atoms with E-state index in [-0.39, 0.29) is 0 Å². The molecule has 10 rings (SSSR count). The highest BCUT2D eigenvalue weighted by Crippen LogP contribution is 2.43. The van der Waals surface area contributed by atoms with Crippen molar-refractivity contribution < 1.29 is 8.83 Å². The van der Waals surface area contributed by atoms with Crippen molar-refractivity contribution in [1.82, 2.24) is 0 Å². The van der Waals surface area contributed by atoms with E-state index in [4.69, 9.17) is 8.83 Å². The van der Waals surface area contributed by atoms with Crippen molar-refractivity contribution in [1.29, 1.82) is 0 Å². The summed E-state index contributed by atoms with van der Waals surface area (Å²) in [6, 6.07) is 47.7. The number of furan rings is 2. The first kappa shape index (κ1) is 27.0. The number of rotatable bonds is 2. The maximum absolute atomic E-state index is 6.81. The fourth-order valence-corrected chi connectivity index (χ4v) is 7.65. The van der Waals surface area contributed by atoms with Gasteiger partial charge in [0, 0.05) is 32.5 Å². The van der Waals surface area contributed by atoms with Crippen LogP contribution >= 0.6 is 0 Å². The van der Waals surface area contributed by atoms with Crippen molar-refractivity contribution in [2.75, 3.05) is 0 Å². The quantitative estimate of drug-likeness (QED) is 0.194. The van der Waals surface area contributed by atoms with Gasteiger partial charge in [0.05, 0.1) is 0 Å². The van der Waals surface area contributed by atoms with Gasteiger partial charge < -0.3 is 8.83 Å². The maximum atomic E-state index is 6.81. The molecule has 7 aromatic carbocycles. The van der Waals surface area contributed by atoms with Gasteiger partial charge in [-0.15, -0.1) is 0 Å². The van der Waals surface area contributed by atoms with Gasteiger partial charge in [-0.05, 0) is 86.5 Å². The fraction of sp³-hybridized carbons (Fsp3) is 0.0435. The molecule has 0 N–H and O–H groups in total. The highest BCUT2D eigenvalue weighted by atomic mass is 16.3. The van der Waals surface area contributed by atoms with Gasteiger partial charge in [-0.1, -0.05) is 127 Å². The third-order valence-corrected chi connectivity index (χ3v) is 9.91. The third kappa shape index (κ3) is 4.13. The lowest BCUT2D eigenvalue weighted by Gasteiger charge is -2.12. The highest BCUT2D eigenvalue weighted by Gasteiger charge is 2.20. The SMILES string of the molecule is C1=CC(c2cc3c(ccc4c5ccccc5oc43)c3c2oc2ccccc23)=c2cccc/c2=C(c2ccc3ccccc3c2)/C=C/CC1. The van der Waals surface area contributed by atoms with Gasteiger partial charge in [0.15, 0.2) is 0 Å². The van der Waals surface area contributed by atoms with E-state index in [1.54, 1.807) is 0 Å². The summed E-state index contributed by atoms with van der Waals surface area (Å²) >= 11 is 0. The van der Waals surface area contributed by atoms with Crippen LogP contribution in [0.25, 0.3) is 76.6 Å². The van der Waals surface area contributed by atoms with Crippen LogP contribution in [0.1, 0.15) is 24.0 Å². The smallest absolute Gasteiger partial charge is 0.143 e. The van der Waals surface area contributed by atoms with Crippen molar-refractivity contribution in [3.63, 3.8) is 0 Å². The standard InChI is InChI=1S/C46H30O2/c1-2-4-16-35(34-18-8-7-17-33(34)32(15-3-1)31-24-23-29-13-5-6-14-30(29)27-31)40-28-41-37(44-39-20-10-12-22-43(39)48-46(40)44)25-26-38-36-19-9-11-21-42(36)47-45(38)41/h3-28H,1-2H2/b15-3+,16-4?,33-32+,35-34?. The van der Waals surface area contributed by atoms with Crippen LogP contribution in [-0.4, -0.2) is 0 Å². The first-order chi connectivity index (χ1) is 23.8. The molecule has 0 saturated carbocycles. The molecule has 1 aliphatic rings. The van der Waals surface area contributed by atoms with E-state index < -0.39 is 0 Å². The lowest BCUT2D eigenvalue weighted by atomic mass is 9.91. The molecule has 0 saturated heterocycles. The largest absolute Gasteiger partial charge is 0.455 e. The maximum Gasteiger partial charge on any atom is 0.143 e. The Labute approximate surface area is 276 Å². The summed E-state index contributed by atoms with van der Waals surface area (Å²) in [7, 11) is 0. The van der Waals surface area contributed by atoms with Gasteiger partial charge in [0.1, 0.15) is 22.3 Å². The summed E-state index contributed by atoms with van der Waals surface area (Å²) < 4.78 is 13.4. The molecule has 0 atom stereocenters. The molecule has 48 heavy (non-hydrogen) atoms. The van der Waals surface area contributed by atoms with Gasteiger partial charge in [-0.2, -0.15) is 0 Å². The summed E-state index contributed by atoms with van der Waals surface area (Å²) in [6.07, 6.45) is 11.1. The highest BCUT2D eigenvalue weighted by molar-refractivity contribution is 6.27. The second kappa shape index (κ2) is 10.7. The van der Waals surface area contributed by atoms with Crippen LogP contribution < -0.4 is 10.4 Å². The van der Waals surface area contributed by atoms with Crippen LogP contribution in [0.2, 0.25) is 0 Å². The van der Waals surface area contributed by atoms with E-state index in [9.17, 15) is 0 Å². The van der Waals surface area contributed by atoms with Gasteiger partial charge in [0.2, 0.25) is 0 Å². The van der Waals surface area contributed by atoms with Gasteiger partial charge in [-0.25, -0.2) is 0 Å². The zero-order valence-corrected chi connectivity index (χ0v) is 26.2. The number of benzene rings is 7. The Kier molecular flexibility index (Phi) is 6.04. The third-order valence-electron chi connectivity index (χ3n) is 9.91. The van der Waals surface area contributed by atoms with E-state index in [0.29, 0.717) is 0 Å². The Morgan fingerprint density at radius 1 is 0.417 bits per heavy atom. The Balaban J connectivity index is 1.39. The number of allylic oxidation sites excluding steroid dienone is 4. The Morgan fingerprint density at radius 3 is 1.88 bits per heavy atom. The molecule has 9 aromatic rings. The summed E-state index contributed by atoms with van der Waals surface area (Å²) in [5, 5.41) is 11.6. The summed E-state index contributed by atoms with van der Waals surface area (Å²) in [5.41, 5.74) is 8.21. The minimum Gasteiger partial charge on any atom is -0.455 e. The minimum atomic E-state index is 0.884. The molecule has 2 aromatic heterocycles. The van der Waals surface area contributed by atoms with Crippen molar-refractivity contribution in [3.8, 4) is 0 Å². The van der Waals surface area contributed by atoms with E-state index in [1.807, 2.05) is 12.1 Å². The Morgan fingerprint density at radius 2 is 1.04 bits per heavy atom. The monoisotopic (exact) mass is 614 g/mol. The number of hydrogen-bond acceptors (Lipinski definition) is 2. The van der Waals surface area contributed by atoms with Crippen molar-refractivity contribution >= 4 is 76.6 Å². The van der Waals surface area contributed by atoms with E-state index >= 15 is 0 Å². The number of hydrogen-bond donors (Lipinski definition) is 0. The second-order valence-electron chi connectivity index (χ2n) is 12.7. The average Bonchev–Trinajstić information content (AvgIpc) is 3.72. The summed E-state index contributed by atoms with van der Waals surface area (Å²) in [4.78, 5) is 0. The zero-order valence-electron chi connectivity index (χ0n) is 26.2. The molecular weight excluding hydrogens is 585 g/mol. The summed E-state index contributed by atoms with van der Waals surface area (Å²) in [5.74, 6) is 0. The molecule has 0 radical (unpaired) electrons. The molecule has 226 valence electrons. The molecule has 2 nitrogen and oxygen atoms in total. The normalized spacial score (nSPS) is 15.6. The van der Waals surface area contributed by atoms with Gasteiger partial charge in [-0.3, -0.25) is 0 Å². The molecule has 2 heteroatoms. The topological polar surface area (TPSA) is 26.3 Å². The van der Waals surface area contributed by atoms with Crippen molar-refractivity contribution in [2.45, 2.75) is 12.8 Å². The molecule has 0 amide bonds. The van der Waals surface area contributed by atoms with Crippen LogP contribution in [0.4, 0.5) is 0 Å². The van der Waals surface area contributed by atoms with E-state index in [0.717, 1.165) is 78.6 Å². The van der Waals surface area contributed by atoms with Crippen molar-refractivity contribution in [2.24, 2.45) is 0 Å². The Bertz CT molecular complexity index is 2950. The first-order valence-electron chi connectivity index (χ1n) is 16.7. The van der Waals surface area contributed by atoms with Gasteiger partial charge >= 0.3 is 0 Å². The molecule has 0 fully saturated rings. The second-order valence-corrected chi connectivity index (χ2v) is 12.7. The van der Waals surface area contributed by atoms with Crippen LogP contribution in [-0.2, 0) is 0 Å². The van der Waals surface area contributed by atoms with Crippen LogP contribution in [0.3, 0.4) is 0 Å². The molecule has 0 bridgehead atoms. The van der Waals surface area contributed by atoms with Crippen LogP contribution in [0, 0.1) is 0 Å². The lowest BCUT2D eigenvalue weighted by Crippen LogP contribution is -2.29. The number of para-hydroxylation sites is 2. The van der Waals surface area contributed by atoms with Crippen molar-refractivity contribution in [3.05, 3.63) is 179 Å². The molecular formula is C46H30O2. The average molecular weight is 615 g/mol. The number of fused-ring (bicyclic) bond motifs is 11. The molecule has 1 aliphatic carbocycles. The zero-order chi connectivity index (χ0) is 31.6. The lowest BCUT2D eigenvalue weighted by molar-refractivity contribution is 0.667. The van der Waals surface area contributed by atoms with Gasteiger partial charge in [0.25, 0.3) is 0 Å². The molecule has 0 aliphatic heterocycles. The predicted octanol–water partition coefficient (Wildman–Crippen LogP) is 11.1. The molecule has 0 spiro atoms. The Hall–Kier alpha value is -6.12. The summed E-state index contributed by atoms with van der Waals surface area (Å²) in [6.45, 7) is 0. The van der Waals surface area contributed by atoms with Crippen LogP contribution in [0.5, 0.6) is 0 Å².